The van der Waals surface area contributed by atoms with Crippen LogP contribution in [0.3, 0.4) is 0 Å². The Morgan fingerprint density at radius 2 is 1.68 bits per heavy atom. The molecule has 2 aliphatic carbocycles. The molecule has 19 heavy (non-hydrogen) atoms. The fraction of sp³-hybridized carbons (Fsp3) is 0.933. The second-order valence-corrected chi connectivity index (χ2v) is 6.53. The number of rotatable bonds is 3. The van der Waals surface area contributed by atoms with Gasteiger partial charge in [0.1, 0.15) is 0 Å². The summed E-state index contributed by atoms with van der Waals surface area (Å²) >= 11 is 0. The zero-order chi connectivity index (χ0) is 13.2. The summed E-state index contributed by atoms with van der Waals surface area (Å²) in [6.45, 7) is 6.25. The molecular formula is C15H27N3O. The molecule has 3 fully saturated rings. The number of nitrogens with one attached hydrogen (secondary N) is 1. The summed E-state index contributed by atoms with van der Waals surface area (Å²) in [4.78, 5) is 16.7. The van der Waals surface area contributed by atoms with E-state index in [2.05, 4.69) is 17.1 Å². The van der Waals surface area contributed by atoms with E-state index in [1.54, 1.807) is 0 Å². The van der Waals surface area contributed by atoms with Crippen molar-refractivity contribution in [2.45, 2.75) is 57.5 Å². The van der Waals surface area contributed by atoms with Crippen LogP contribution in [0.5, 0.6) is 0 Å². The van der Waals surface area contributed by atoms with Crippen molar-refractivity contribution in [2.75, 3.05) is 26.2 Å². The lowest BCUT2D eigenvalue weighted by Crippen LogP contribution is -2.55. The predicted molar refractivity (Wildman–Crippen MR) is 76.1 cm³/mol. The minimum absolute atomic E-state index is 0.172. The minimum atomic E-state index is 0.172. The average molecular weight is 265 g/mol. The zero-order valence-electron chi connectivity index (χ0n) is 12.1. The third-order valence-electron chi connectivity index (χ3n) is 5.16. The van der Waals surface area contributed by atoms with E-state index in [-0.39, 0.29) is 6.03 Å². The maximum absolute atomic E-state index is 12.2. The van der Waals surface area contributed by atoms with Gasteiger partial charge >= 0.3 is 6.03 Å². The van der Waals surface area contributed by atoms with Crippen LogP contribution in [0.1, 0.15) is 45.4 Å². The third kappa shape index (κ3) is 3.22. The highest BCUT2D eigenvalue weighted by Gasteiger charge is 2.34. The first-order chi connectivity index (χ1) is 9.24. The summed E-state index contributed by atoms with van der Waals surface area (Å²) < 4.78 is 0. The largest absolute Gasteiger partial charge is 0.335 e. The molecule has 4 nitrogen and oxygen atoms in total. The van der Waals surface area contributed by atoms with E-state index in [1.807, 2.05) is 4.90 Å². The van der Waals surface area contributed by atoms with Gasteiger partial charge in [-0.15, -0.1) is 0 Å². The van der Waals surface area contributed by atoms with Gasteiger partial charge in [0.05, 0.1) is 0 Å². The first-order valence-corrected chi connectivity index (χ1v) is 8.03. The smallest absolute Gasteiger partial charge is 0.317 e. The molecule has 1 heterocycles. The Kier molecular flexibility index (Phi) is 3.96. The topological polar surface area (TPSA) is 35.6 Å². The summed E-state index contributed by atoms with van der Waals surface area (Å²) in [6.07, 6.45) is 7.71. The van der Waals surface area contributed by atoms with Crippen molar-refractivity contribution in [3.05, 3.63) is 0 Å². The minimum Gasteiger partial charge on any atom is -0.335 e. The first kappa shape index (κ1) is 13.2. The van der Waals surface area contributed by atoms with Gasteiger partial charge in [-0.3, -0.25) is 4.90 Å². The highest BCUT2D eigenvalue weighted by molar-refractivity contribution is 5.74. The van der Waals surface area contributed by atoms with Crippen molar-refractivity contribution in [3.8, 4) is 0 Å². The standard InChI is InChI=1S/C15H27N3O/c1-12(13-6-7-13)17-8-10-18(11-9-17)15(19)16-14-4-2-3-5-14/h12-14H,2-11H2,1H3,(H,16,19). The van der Waals surface area contributed by atoms with Crippen LogP contribution in [-0.4, -0.2) is 54.1 Å². The van der Waals surface area contributed by atoms with Gasteiger partial charge in [0.2, 0.25) is 0 Å². The Bertz CT molecular complexity index is 315. The van der Waals surface area contributed by atoms with Crippen LogP contribution in [0, 0.1) is 5.92 Å². The van der Waals surface area contributed by atoms with Crippen molar-refractivity contribution < 1.29 is 4.79 Å². The third-order valence-corrected chi connectivity index (χ3v) is 5.16. The lowest BCUT2D eigenvalue weighted by molar-refractivity contribution is 0.104. The van der Waals surface area contributed by atoms with Crippen LogP contribution in [0.2, 0.25) is 0 Å². The Hall–Kier alpha value is -0.770. The van der Waals surface area contributed by atoms with Gasteiger partial charge in [-0.25, -0.2) is 4.79 Å². The van der Waals surface area contributed by atoms with Gasteiger partial charge in [-0.05, 0) is 38.5 Å². The molecule has 1 N–H and O–H groups in total. The molecular weight excluding hydrogens is 238 g/mol. The highest BCUT2D eigenvalue weighted by atomic mass is 16.2. The lowest BCUT2D eigenvalue weighted by atomic mass is 10.1. The quantitative estimate of drug-likeness (QED) is 0.848. The van der Waals surface area contributed by atoms with Crippen LogP contribution in [-0.2, 0) is 0 Å². The van der Waals surface area contributed by atoms with E-state index < -0.39 is 0 Å². The van der Waals surface area contributed by atoms with Crippen LogP contribution >= 0.6 is 0 Å². The Morgan fingerprint density at radius 1 is 1.05 bits per heavy atom. The summed E-state index contributed by atoms with van der Waals surface area (Å²) in [5.74, 6) is 0.930. The Balaban J connectivity index is 1.42. The Morgan fingerprint density at radius 3 is 2.26 bits per heavy atom. The number of hydrogen-bond donors (Lipinski definition) is 1. The van der Waals surface area contributed by atoms with Gasteiger partial charge in [0.15, 0.2) is 0 Å². The van der Waals surface area contributed by atoms with Crippen molar-refractivity contribution >= 4 is 6.03 Å². The van der Waals surface area contributed by atoms with Crippen LogP contribution < -0.4 is 5.32 Å². The van der Waals surface area contributed by atoms with E-state index in [4.69, 9.17) is 0 Å². The second kappa shape index (κ2) is 5.70. The number of nitrogens with zero attached hydrogens (tertiary/aromatic N) is 2. The van der Waals surface area contributed by atoms with Gasteiger partial charge in [0, 0.05) is 38.3 Å². The molecule has 0 aromatic carbocycles. The number of carbonyl (C=O) groups excluding carboxylic acids is 1. The van der Waals surface area contributed by atoms with Crippen molar-refractivity contribution in [1.29, 1.82) is 0 Å². The fourth-order valence-corrected chi connectivity index (χ4v) is 3.55. The molecule has 0 spiro atoms. The second-order valence-electron chi connectivity index (χ2n) is 6.53. The number of hydrogen-bond acceptors (Lipinski definition) is 2. The number of carbonyl (C=O) groups is 1. The SMILES string of the molecule is CC(C1CC1)N1CCN(C(=O)NC2CCCC2)CC1. The average Bonchev–Trinajstić information content (AvgIpc) is 3.17. The monoisotopic (exact) mass is 265 g/mol. The van der Waals surface area contributed by atoms with E-state index in [0.717, 1.165) is 38.1 Å². The number of amides is 2. The van der Waals surface area contributed by atoms with E-state index in [0.29, 0.717) is 6.04 Å². The number of urea groups is 1. The van der Waals surface area contributed by atoms with Crippen molar-refractivity contribution in [3.63, 3.8) is 0 Å². The summed E-state index contributed by atoms with van der Waals surface area (Å²) in [5, 5.41) is 3.20. The molecule has 2 saturated carbocycles. The maximum atomic E-state index is 12.2. The maximum Gasteiger partial charge on any atom is 0.317 e. The van der Waals surface area contributed by atoms with E-state index in [9.17, 15) is 4.79 Å². The summed E-state index contributed by atoms with van der Waals surface area (Å²) in [5.41, 5.74) is 0. The molecule has 1 aliphatic heterocycles. The lowest BCUT2D eigenvalue weighted by Gasteiger charge is -2.38. The van der Waals surface area contributed by atoms with Gasteiger partial charge in [-0.2, -0.15) is 0 Å². The van der Waals surface area contributed by atoms with Gasteiger partial charge < -0.3 is 10.2 Å². The molecule has 108 valence electrons. The normalized spacial score (nSPS) is 27.5. The molecule has 0 bridgehead atoms. The molecule has 1 atom stereocenters. The van der Waals surface area contributed by atoms with Crippen molar-refractivity contribution in [1.82, 2.24) is 15.1 Å². The van der Waals surface area contributed by atoms with Crippen LogP contribution in [0.25, 0.3) is 0 Å². The van der Waals surface area contributed by atoms with E-state index >= 15 is 0 Å². The molecule has 0 radical (unpaired) electrons. The van der Waals surface area contributed by atoms with E-state index in [1.165, 1.54) is 38.5 Å². The predicted octanol–water partition coefficient (Wildman–Crippen LogP) is 2.05. The van der Waals surface area contributed by atoms with Crippen LogP contribution in [0.4, 0.5) is 4.79 Å². The molecule has 3 aliphatic rings. The molecule has 1 unspecified atom stereocenters. The Labute approximate surface area is 116 Å². The molecule has 0 aromatic heterocycles. The first-order valence-electron chi connectivity index (χ1n) is 8.03. The van der Waals surface area contributed by atoms with Gasteiger partial charge in [-0.1, -0.05) is 12.8 Å². The van der Waals surface area contributed by atoms with Crippen molar-refractivity contribution in [2.24, 2.45) is 5.92 Å². The van der Waals surface area contributed by atoms with Crippen LogP contribution in [0.15, 0.2) is 0 Å². The highest BCUT2D eigenvalue weighted by Crippen LogP contribution is 2.35. The molecule has 1 saturated heterocycles. The zero-order valence-corrected chi connectivity index (χ0v) is 12.1. The summed E-state index contributed by atoms with van der Waals surface area (Å²) in [7, 11) is 0. The molecule has 4 heteroatoms. The summed E-state index contributed by atoms with van der Waals surface area (Å²) in [6, 6.07) is 1.33. The molecule has 0 aromatic rings. The molecule has 2 amide bonds. The number of piperazine rings is 1. The molecule has 3 rings (SSSR count). The van der Waals surface area contributed by atoms with Gasteiger partial charge in [0.25, 0.3) is 0 Å². The fourth-order valence-electron chi connectivity index (χ4n) is 3.55.